The van der Waals surface area contributed by atoms with Gasteiger partial charge in [-0.3, -0.25) is 0 Å². The molecule has 0 atom stereocenters. The molecule has 0 bridgehead atoms. The second-order valence-corrected chi connectivity index (χ2v) is 8.92. The summed E-state index contributed by atoms with van der Waals surface area (Å²) in [6, 6.07) is 15.1. The van der Waals surface area contributed by atoms with Crippen LogP contribution in [-0.4, -0.2) is 57.0 Å². The fourth-order valence-corrected chi connectivity index (χ4v) is 3.23. The normalized spacial score (nSPS) is 11.3. The second kappa shape index (κ2) is 11.0. The van der Waals surface area contributed by atoms with E-state index >= 15 is 0 Å². The molecule has 0 saturated heterocycles. The van der Waals surface area contributed by atoms with E-state index in [0.717, 1.165) is 16.9 Å². The molecule has 0 aliphatic carbocycles. The maximum absolute atomic E-state index is 11.8. The summed E-state index contributed by atoms with van der Waals surface area (Å²) < 4.78 is 17.6. The molecule has 1 amide bonds. The lowest BCUT2D eigenvalue weighted by Gasteiger charge is -2.19. The molecule has 0 fully saturated rings. The number of amides is 1. The van der Waals surface area contributed by atoms with Gasteiger partial charge in [0, 0.05) is 25.4 Å². The third kappa shape index (κ3) is 6.66. The van der Waals surface area contributed by atoms with Crippen LogP contribution in [-0.2, 0) is 16.0 Å². The minimum Gasteiger partial charge on any atom is -0.491 e. The van der Waals surface area contributed by atoms with E-state index in [2.05, 4.69) is 30.9 Å². The number of carbonyl (C=O) groups excluding carboxylic acids is 1. The lowest BCUT2D eigenvalue weighted by Crippen LogP contribution is -2.32. The number of hydrogen-bond donors (Lipinski definition) is 2. The SMILES string of the molecule is COCCOc1cccc(-n2nnc3cnc(Nc4ccc(CNC(=O)OC(C)(C)C)cc4)nc32)c1. The Kier molecular flexibility index (Phi) is 7.59. The predicted octanol–water partition coefficient (Wildman–Crippen LogP) is 4.00. The quantitative estimate of drug-likeness (QED) is 0.334. The Morgan fingerprint density at radius 3 is 2.64 bits per heavy atom. The van der Waals surface area contributed by atoms with Gasteiger partial charge in [0.15, 0.2) is 11.2 Å². The topological polar surface area (TPSA) is 125 Å². The number of alkyl carbamates (subject to hydrolysis) is 1. The second-order valence-electron chi connectivity index (χ2n) is 8.92. The van der Waals surface area contributed by atoms with Crippen LogP contribution in [0.25, 0.3) is 16.9 Å². The highest BCUT2D eigenvalue weighted by Gasteiger charge is 2.16. The fraction of sp³-hybridized carbons (Fsp3) is 0.320. The molecule has 4 rings (SSSR count). The number of anilines is 2. The average Bonchev–Trinajstić information content (AvgIpc) is 3.26. The lowest BCUT2D eigenvalue weighted by molar-refractivity contribution is 0.0523. The molecule has 2 heterocycles. The van der Waals surface area contributed by atoms with Crippen LogP contribution < -0.4 is 15.4 Å². The van der Waals surface area contributed by atoms with Crippen LogP contribution in [0.5, 0.6) is 5.75 Å². The standard InChI is InChI=1S/C25H29N7O4/c1-25(2,3)36-24(33)27-15-17-8-10-18(11-9-17)28-23-26-16-21-22(29-23)32(31-30-21)19-6-5-7-20(14-19)35-13-12-34-4/h5-11,14,16H,12-13,15H2,1-4H3,(H,27,33)(H,26,28,29). The van der Waals surface area contributed by atoms with Crippen molar-refractivity contribution in [2.45, 2.75) is 32.9 Å². The summed E-state index contributed by atoms with van der Waals surface area (Å²) in [6.45, 7) is 6.78. The van der Waals surface area contributed by atoms with Gasteiger partial charge in [-0.2, -0.15) is 9.67 Å². The summed E-state index contributed by atoms with van der Waals surface area (Å²) in [4.78, 5) is 20.8. The van der Waals surface area contributed by atoms with Gasteiger partial charge in [0.05, 0.1) is 18.5 Å². The number of rotatable bonds is 9. The Labute approximate surface area is 208 Å². The molecule has 0 saturated carbocycles. The van der Waals surface area contributed by atoms with E-state index in [4.69, 9.17) is 14.2 Å². The predicted molar refractivity (Wildman–Crippen MR) is 135 cm³/mol. The fourth-order valence-electron chi connectivity index (χ4n) is 3.23. The smallest absolute Gasteiger partial charge is 0.407 e. The van der Waals surface area contributed by atoms with Crippen molar-refractivity contribution in [2.75, 3.05) is 25.6 Å². The first kappa shape index (κ1) is 24.9. The molecule has 4 aromatic rings. The molecule has 0 aliphatic heterocycles. The van der Waals surface area contributed by atoms with Crippen molar-refractivity contribution in [1.29, 1.82) is 0 Å². The lowest BCUT2D eigenvalue weighted by atomic mass is 10.2. The zero-order chi connectivity index (χ0) is 25.5. The van der Waals surface area contributed by atoms with Gasteiger partial charge in [-0.1, -0.05) is 23.4 Å². The van der Waals surface area contributed by atoms with Crippen molar-refractivity contribution < 1.29 is 19.0 Å². The Morgan fingerprint density at radius 2 is 1.89 bits per heavy atom. The van der Waals surface area contributed by atoms with Crippen LogP contribution >= 0.6 is 0 Å². The number of ether oxygens (including phenoxy) is 3. The van der Waals surface area contributed by atoms with Gasteiger partial charge in [0.25, 0.3) is 0 Å². The minimum atomic E-state index is -0.537. The molecule has 0 radical (unpaired) electrons. The van der Waals surface area contributed by atoms with Gasteiger partial charge in [0.2, 0.25) is 5.95 Å². The Balaban J connectivity index is 1.44. The van der Waals surface area contributed by atoms with Crippen LogP contribution in [0.15, 0.2) is 54.7 Å². The van der Waals surface area contributed by atoms with Crippen LogP contribution in [0.2, 0.25) is 0 Å². The third-order valence-electron chi connectivity index (χ3n) is 4.86. The largest absolute Gasteiger partial charge is 0.491 e. The molecular formula is C25H29N7O4. The Hall–Kier alpha value is -4.25. The van der Waals surface area contributed by atoms with Gasteiger partial charge >= 0.3 is 6.09 Å². The molecular weight excluding hydrogens is 462 g/mol. The van der Waals surface area contributed by atoms with Gasteiger partial charge < -0.3 is 24.8 Å². The van der Waals surface area contributed by atoms with Crippen molar-refractivity contribution in [1.82, 2.24) is 30.3 Å². The van der Waals surface area contributed by atoms with E-state index in [1.165, 1.54) is 0 Å². The summed E-state index contributed by atoms with van der Waals surface area (Å²) in [6.07, 6.45) is 1.16. The van der Waals surface area contributed by atoms with Crippen molar-refractivity contribution >= 4 is 28.9 Å². The number of aromatic nitrogens is 5. The molecule has 0 spiro atoms. The molecule has 2 aromatic carbocycles. The number of carbonyl (C=O) groups is 1. The number of nitrogens with one attached hydrogen (secondary N) is 2. The summed E-state index contributed by atoms with van der Waals surface area (Å²) in [5.41, 5.74) is 3.07. The minimum absolute atomic E-state index is 0.358. The average molecular weight is 492 g/mol. The highest BCUT2D eigenvalue weighted by Crippen LogP contribution is 2.21. The maximum atomic E-state index is 11.8. The van der Waals surface area contributed by atoms with Gasteiger partial charge in [-0.05, 0) is 50.6 Å². The maximum Gasteiger partial charge on any atom is 0.407 e. The summed E-state index contributed by atoms with van der Waals surface area (Å²) in [5, 5.41) is 14.3. The van der Waals surface area contributed by atoms with E-state index in [9.17, 15) is 4.79 Å². The molecule has 188 valence electrons. The molecule has 11 nitrogen and oxygen atoms in total. The van der Waals surface area contributed by atoms with E-state index in [1.807, 2.05) is 69.3 Å². The number of nitrogens with zero attached hydrogens (tertiary/aromatic N) is 5. The zero-order valence-electron chi connectivity index (χ0n) is 20.7. The van der Waals surface area contributed by atoms with Crippen LogP contribution in [0, 0.1) is 0 Å². The van der Waals surface area contributed by atoms with Crippen LogP contribution in [0.3, 0.4) is 0 Å². The first-order valence-corrected chi connectivity index (χ1v) is 11.4. The first-order chi connectivity index (χ1) is 17.3. The highest BCUT2D eigenvalue weighted by molar-refractivity contribution is 5.73. The van der Waals surface area contributed by atoms with E-state index in [1.54, 1.807) is 18.0 Å². The van der Waals surface area contributed by atoms with Crippen molar-refractivity contribution in [3.8, 4) is 11.4 Å². The van der Waals surface area contributed by atoms with Crippen LogP contribution in [0.1, 0.15) is 26.3 Å². The highest BCUT2D eigenvalue weighted by atomic mass is 16.6. The zero-order valence-corrected chi connectivity index (χ0v) is 20.7. The van der Waals surface area contributed by atoms with Gasteiger partial charge in [0.1, 0.15) is 18.0 Å². The van der Waals surface area contributed by atoms with E-state index in [-0.39, 0.29) is 0 Å². The molecule has 36 heavy (non-hydrogen) atoms. The number of hydrogen-bond acceptors (Lipinski definition) is 9. The number of methoxy groups -OCH3 is 1. The van der Waals surface area contributed by atoms with Crippen molar-refractivity contribution in [2.24, 2.45) is 0 Å². The van der Waals surface area contributed by atoms with Gasteiger partial charge in [-0.25, -0.2) is 9.78 Å². The molecule has 2 aromatic heterocycles. The molecule has 0 unspecified atom stereocenters. The van der Waals surface area contributed by atoms with E-state index in [0.29, 0.717) is 42.6 Å². The Bertz CT molecular complexity index is 1320. The molecule has 0 aliphatic rings. The molecule has 11 heteroatoms. The summed E-state index contributed by atoms with van der Waals surface area (Å²) in [7, 11) is 1.63. The third-order valence-corrected chi connectivity index (χ3v) is 4.86. The number of fused-ring (bicyclic) bond motifs is 1. The Morgan fingerprint density at radius 1 is 1.08 bits per heavy atom. The van der Waals surface area contributed by atoms with Crippen molar-refractivity contribution in [3.63, 3.8) is 0 Å². The van der Waals surface area contributed by atoms with Gasteiger partial charge in [-0.15, -0.1) is 5.10 Å². The first-order valence-electron chi connectivity index (χ1n) is 11.4. The summed E-state index contributed by atoms with van der Waals surface area (Å²) in [5.74, 6) is 1.10. The summed E-state index contributed by atoms with van der Waals surface area (Å²) >= 11 is 0. The monoisotopic (exact) mass is 491 g/mol. The molecule has 2 N–H and O–H groups in total. The number of benzene rings is 2. The van der Waals surface area contributed by atoms with Crippen LogP contribution in [0.4, 0.5) is 16.4 Å². The van der Waals surface area contributed by atoms with E-state index < -0.39 is 11.7 Å². The van der Waals surface area contributed by atoms with Crippen molar-refractivity contribution in [3.05, 3.63) is 60.3 Å².